The van der Waals surface area contributed by atoms with Crippen molar-refractivity contribution >= 4 is 0 Å². The largest absolute Gasteiger partial charge is 0.394 e. The molecule has 136 valence electrons. The van der Waals surface area contributed by atoms with Crippen LogP contribution >= 0.6 is 0 Å². The van der Waals surface area contributed by atoms with Gasteiger partial charge in [-0.3, -0.25) is 0 Å². The van der Waals surface area contributed by atoms with Crippen LogP contribution in [0, 0.1) is 0 Å². The van der Waals surface area contributed by atoms with E-state index in [1.54, 1.807) is 0 Å². The summed E-state index contributed by atoms with van der Waals surface area (Å²) in [6.45, 7) is -1.35. The Bertz CT molecular complexity index is 378. The second-order valence-corrected chi connectivity index (χ2v) is 5.53. The monoisotopic (exact) mass is 342 g/mol. The van der Waals surface area contributed by atoms with Crippen molar-refractivity contribution in [2.45, 2.75) is 61.4 Å². The highest BCUT2D eigenvalue weighted by Gasteiger charge is 2.50. The summed E-state index contributed by atoms with van der Waals surface area (Å²) >= 11 is 0. The average molecular weight is 342 g/mol. The molecule has 2 rings (SSSR count). The highest BCUT2D eigenvalue weighted by Crippen LogP contribution is 2.28. The van der Waals surface area contributed by atoms with Crippen LogP contribution in [0.3, 0.4) is 0 Å². The second-order valence-electron chi connectivity index (χ2n) is 5.53. The van der Waals surface area contributed by atoms with Gasteiger partial charge < -0.3 is 55.1 Å². The Labute approximate surface area is 130 Å². The van der Waals surface area contributed by atoms with Gasteiger partial charge >= 0.3 is 0 Å². The molecule has 8 N–H and O–H groups in total. The van der Waals surface area contributed by atoms with E-state index >= 15 is 0 Å². The summed E-state index contributed by atoms with van der Waals surface area (Å²) in [6.07, 6.45) is -15.6. The van der Waals surface area contributed by atoms with E-state index in [2.05, 4.69) is 0 Å². The van der Waals surface area contributed by atoms with E-state index in [0.29, 0.717) is 0 Å². The highest BCUT2D eigenvalue weighted by atomic mass is 16.7. The van der Waals surface area contributed by atoms with Gasteiger partial charge in [-0.15, -0.1) is 0 Å². The van der Waals surface area contributed by atoms with Crippen LogP contribution in [-0.2, 0) is 14.2 Å². The molecule has 23 heavy (non-hydrogen) atoms. The van der Waals surface area contributed by atoms with Crippen LogP contribution in [-0.4, -0.2) is 115 Å². The molecule has 0 saturated carbocycles. The molecule has 11 heteroatoms. The van der Waals surface area contributed by atoms with E-state index in [-0.39, 0.29) is 0 Å². The number of aliphatic hydroxyl groups excluding tert-OH is 8. The summed E-state index contributed by atoms with van der Waals surface area (Å²) in [6, 6.07) is 0. The fraction of sp³-hybridized carbons (Fsp3) is 1.00. The molecule has 0 aromatic rings. The van der Waals surface area contributed by atoms with Gasteiger partial charge in [-0.25, -0.2) is 0 Å². The predicted molar refractivity (Wildman–Crippen MR) is 68.6 cm³/mol. The van der Waals surface area contributed by atoms with E-state index in [1.807, 2.05) is 0 Å². The van der Waals surface area contributed by atoms with E-state index < -0.39 is 74.6 Å². The van der Waals surface area contributed by atoms with Crippen molar-refractivity contribution in [1.29, 1.82) is 0 Å². The Morgan fingerprint density at radius 2 is 1.26 bits per heavy atom. The van der Waals surface area contributed by atoms with E-state index in [1.165, 1.54) is 0 Å². The first kappa shape index (κ1) is 18.9. The van der Waals surface area contributed by atoms with Crippen molar-refractivity contribution in [3.05, 3.63) is 0 Å². The molecule has 0 bridgehead atoms. The van der Waals surface area contributed by atoms with Gasteiger partial charge in [-0.2, -0.15) is 0 Å². The lowest BCUT2D eigenvalue weighted by Gasteiger charge is -2.45. The summed E-state index contributed by atoms with van der Waals surface area (Å²) in [4.78, 5) is 0. The number of aliphatic hydroxyl groups is 8. The molecule has 2 aliphatic rings. The van der Waals surface area contributed by atoms with Crippen molar-refractivity contribution in [2.24, 2.45) is 0 Å². The van der Waals surface area contributed by atoms with Gasteiger partial charge in [0, 0.05) is 0 Å². The molecule has 11 nitrogen and oxygen atoms in total. The third kappa shape index (κ3) is 3.65. The van der Waals surface area contributed by atoms with Crippen molar-refractivity contribution < 1.29 is 55.1 Å². The topological polar surface area (TPSA) is 190 Å². The van der Waals surface area contributed by atoms with Crippen molar-refractivity contribution in [3.63, 3.8) is 0 Å². The first-order valence-electron chi connectivity index (χ1n) is 7.08. The van der Waals surface area contributed by atoms with Crippen LogP contribution in [0.1, 0.15) is 0 Å². The maximum atomic E-state index is 9.94. The average Bonchev–Trinajstić information content (AvgIpc) is 2.55. The predicted octanol–water partition coefficient (Wildman–Crippen LogP) is -5.40. The minimum Gasteiger partial charge on any atom is -0.394 e. The molecule has 0 radical (unpaired) electrons. The number of ether oxygens (including phenoxy) is 3. The molecule has 0 unspecified atom stereocenters. The molecule has 0 amide bonds. The van der Waals surface area contributed by atoms with E-state index in [4.69, 9.17) is 19.3 Å². The van der Waals surface area contributed by atoms with Crippen LogP contribution in [0.25, 0.3) is 0 Å². The Kier molecular flexibility index (Phi) is 6.27. The molecule has 0 aromatic carbocycles. The number of hydrogen-bond acceptors (Lipinski definition) is 11. The lowest BCUT2D eigenvalue weighted by atomic mass is 9.97. The third-order valence-corrected chi connectivity index (χ3v) is 3.98. The van der Waals surface area contributed by atoms with Gasteiger partial charge in [0.05, 0.1) is 13.2 Å². The molecular weight excluding hydrogens is 320 g/mol. The summed E-state index contributed by atoms with van der Waals surface area (Å²) in [7, 11) is 0. The van der Waals surface area contributed by atoms with Crippen LogP contribution in [0.2, 0.25) is 0 Å². The third-order valence-electron chi connectivity index (χ3n) is 3.98. The lowest BCUT2D eigenvalue weighted by Crippen LogP contribution is -2.64. The SMILES string of the molecule is OC[C@H]1O[C@@H](O[C@H]2[C@@H](O)[C@@H](O)[C@H](O)O[C@@H]2CO)[C@@H](O)[C@@H](O)[C@H]1O. The zero-order chi connectivity index (χ0) is 17.3. The molecule has 2 fully saturated rings. The Morgan fingerprint density at radius 1 is 0.652 bits per heavy atom. The first-order chi connectivity index (χ1) is 10.8. The standard InChI is InChI=1S/C12H22O11/c13-1-3-5(15)6(16)9(19)12(22-3)23-10-4(2-14)21-11(20)8(18)7(10)17/h3-20H,1-2H2/t3-,4-,5+,6+,7+,8-,9+,10-,11-,12+/m1/s1. The number of hydrogen-bond donors (Lipinski definition) is 8. The molecule has 2 saturated heterocycles. The summed E-state index contributed by atoms with van der Waals surface area (Å²) in [5.74, 6) is 0. The smallest absolute Gasteiger partial charge is 0.187 e. The van der Waals surface area contributed by atoms with E-state index in [9.17, 15) is 35.7 Å². The minimum atomic E-state index is -1.74. The zero-order valence-corrected chi connectivity index (χ0v) is 12.0. The summed E-state index contributed by atoms with van der Waals surface area (Å²) in [5.41, 5.74) is 0. The van der Waals surface area contributed by atoms with Crippen LogP contribution in [0.15, 0.2) is 0 Å². The highest BCUT2D eigenvalue weighted by molar-refractivity contribution is 4.93. The van der Waals surface area contributed by atoms with Crippen LogP contribution in [0.4, 0.5) is 0 Å². The zero-order valence-electron chi connectivity index (χ0n) is 12.0. The fourth-order valence-electron chi connectivity index (χ4n) is 2.57. The van der Waals surface area contributed by atoms with Gasteiger partial charge in [0.1, 0.15) is 48.8 Å². The molecule has 10 atom stereocenters. The molecular formula is C12H22O11. The van der Waals surface area contributed by atoms with Gasteiger partial charge in [-0.1, -0.05) is 0 Å². The second kappa shape index (κ2) is 7.63. The van der Waals surface area contributed by atoms with Crippen LogP contribution in [0.5, 0.6) is 0 Å². The Hall–Kier alpha value is -0.440. The van der Waals surface area contributed by atoms with Crippen LogP contribution < -0.4 is 0 Å². The van der Waals surface area contributed by atoms with E-state index in [0.717, 1.165) is 0 Å². The quantitative estimate of drug-likeness (QED) is 0.243. The maximum Gasteiger partial charge on any atom is 0.187 e. The van der Waals surface area contributed by atoms with Crippen molar-refractivity contribution in [2.75, 3.05) is 13.2 Å². The fourth-order valence-corrected chi connectivity index (χ4v) is 2.57. The summed E-state index contributed by atoms with van der Waals surface area (Å²) in [5, 5.41) is 76.5. The Morgan fingerprint density at radius 3 is 1.83 bits per heavy atom. The molecule has 0 aromatic heterocycles. The first-order valence-corrected chi connectivity index (χ1v) is 7.08. The normalized spacial score (nSPS) is 51.7. The van der Waals surface area contributed by atoms with Gasteiger partial charge in [0.15, 0.2) is 12.6 Å². The lowest BCUT2D eigenvalue weighted by molar-refractivity contribution is -0.355. The molecule has 0 spiro atoms. The Balaban J connectivity index is 2.11. The molecule has 2 heterocycles. The van der Waals surface area contributed by atoms with Gasteiger partial charge in [0.2, 0.25) is 0 Å². The van der Waals surface area contributed by atoms with Crippen molar-refractivity contribution in [1.82, 2.24) is 0 Å². The number of rotatable bonds is 4. The van der Waals surface area contributed by atoms with Gasteiger partial charge in [-0.05, 0) is 0 Å². The van der Waals surface area contributed by atoms with Gasteiger partial charge in [0.25, 0.3) is 0 Å². The molecule has 0 aliphatic carbocycles. The maximum absolute atomic E-state index is 9.94. The summed E-state index contributed by atoms with van der Waals surface area (Å²) < 4.78 is 15.3. The van der Waals surface area contributed by atoms with Crippen molar-refractivity contribution in [3.8, 4) is 0 Å². The molecule has 2 aliphatic heterocycles. The minimum absolute atomic E-state index is 0.667.